The molecule has 17 heavy (non-hydrogen) atoms. The Morgan fingerprint density at radius 2 is 1.76 bits per heavy atom. The van der Waals surface area contributed by atoms with Gasteiger partial charge >= 0.3 is 0 Å². The average molecular weight is 247 g/mol. The summed E-state index contributed by atoms with van der Waals surface area (Å²) in [7, 11) is 1.94. The first-order valence-electron chi connectivity index (χ1n) is 5.77. The van der Waals surface area contributed by atoms with Gasteiger partial charge < -0.3 is 5.32 Å². The Morgan fingerprint density at radius 1 is 1.12 bits per heavy atom. The van der Waals surface area contributed by atoms with Gasteiger partial charge in [-0.15, -0.1) is 0 Å². The van der Waals surface area contributed by atoms with Crippen LogP contribution >= 0.6 is 11.7 Å². The van der Waals surface area contributed by atoms with Gasteiger partial charge in [-0.2, -0.15) is 8.75 Å². The first kappa shape index (κ1) is 12.2. The summed E-state index contributed by atoms with van der Waals surface area (Å²) in [5.41, 5.74) is 3.57. The SMILES string of the molecule is CNC(c1ccc(C(C)C)cc1)c1cnsn1. The predicted molar refractivity (Wildman–Crippen MR) is 71.3 cm³/mol. The van der Waals surface area contributed by atoms with Gasteiger partial charge in [0.25, 0.3) is 0 Å². The smallest absolute Gasteiger partial charge is 0.0957 e. The topological polar surface area (TPSA) is 37.8 Å². The Labute approximate surface area is 106 Å². The fourth-order valence-corrected chi connectivity index (χ4v) is 2.31. The molecule has 4 heteroatoms. The highest BCUT2D eigenvalue weighted by molar-refractivity contribution is 6.99. The molecule has 1 N–H and O–H groups in total. The van der Waals surface area contributed by atoms with E-state index in [0.717, 1.165) is 5.69 Å². The van der Waals surface area contributed by atoms with Crippen LogP contribution in [-0.2, 0) is 0 Å². The number of nitrogens with zero attached hydrogens (tertiary/aromatic N) is 2. The maximum atomic E-state index is 4.29. The van der Waals surface area contributed by atoms with Crippen molar-refractivity contribution < 1.29 is 0 Å². The molecule has 0 bridgehead atoms. The third-order valence-corrected chi connectivity index (χ3v) is 3.39. The summed E-state index contributed by atoms with van der Waals surface area (Å²) in [6.07, 6.45) is 1.82. The summed E-state index contributed by atoms with van der Waals surface area (Å²) >= 11 is 1.25. The van der Waals surface area contributed by atoms with Crippen molar-refractivity contribution >= 4 is 11.7 Å². The van der Waals surface area contributed by atoms with Gasteiger partial charge in [-0.3, -0.25) is 0 Å². The first-order valence-corrected chi connectivity index (χ1v) is 6.50. The van der Waals surface area contributed by atoms with Crippen LogP contribution in [0.2, 0.25) is 0 Å². The summed E-state index contributed by atoms with van der Waals surface area (Å²) in [5, 5.41) is 3.27. The molecule has 0 saturated heterocycles. The molecule has 2 aromatic rings. The van der Waals surface area contributed by atoms with Crippen LogP contribution in [0.15, 0.2) is 30.5 Å². The fraction of sp³-hybridized carbons (Fsp3) is 0.385. The van der Waals surface area contributed by atoms with Gasteiger partial charge in [-0.1, -0.05) is 38.1 Å². The molecule has 1 aromatic carbocycles. The average Bonchev–Trinajstić information content (AvgIpc) is 2.84. The lowest BCUT2D eigenvalue weighted by molar-refractivity contribution is 0.676. The fourth-order valence-electron chi connectivity index (χ4n) is 1.86. The third-order valence-electron chi connectivity index (χ3n) is 2.90. The predicted octanol–water partition coefficient (Wildman–Crippen LogP) is 2.97. The van der Waals surface area contributed by atoms with Crippen LogP contribution in [0.25, 0.3) is 0 Å². The van der Waals surface area contributed by atoms with Gasteiger partial charge in [0, 0.05) is 0 Å². The molecule has 2 rings (SSSR count). The highest BCUT2D eigenvalue weighted by Crippen LogP contribution is 2.22. The van der Waals surface area contributed by atoms with Crippen LogP contribution in [0.1, 0.15) is 42.6 Å². The maximum absolute atomic E-state index is 4.29. The molecule has 0 fully saturated rings. The van der Waals surface area contributed by atoms with Gasteiger partial charge in [0.15, 0.2) is 0 Å². The van der Waals surface area contributed by atoms with Crippen LogP contribution in [0, 0.1) is 0 Å². The molecular formula is C13H17N3S. The summed E-state index contributed by atoms with van der Waals surface area (Å²) in [6.45, 7) is 4.41. The zero-order valence-electron chi connectivity index (χ0n) is 10.3. The minimum Gasteiger partial charge on any atom is -0.308 e. The van der Waals surface area contributed by atoms with Gasteiger partial charge in [-0.25, -0.2) is 0 Å². The highest BCUT2D eigenvalue weighted by Gasteiger charge is 2.14. The van der Waals surface area contributed by atoms with Gasteiger partial charge in [0.2, 0.25) is 0 Å². The third kappa shape index (κ3) is 2.70. The van der Waals surface area contributed by atoms with Crippen molar-refractivity contribution in [1.82, 2.24) is 14.1 Å². The standard InChI is InChI=1S/C13H17N3S/c1-9(2)10-4-6-11(7-5-10)13(14-3)12-8-15-17-16-12/h4-9,13-14H,1-3H3. The molecule has 0 amide bonds. The monoisotopic (exact) mass is 247 g/mol. The minimum absolute atomic E-state index is 0.134. The van der Waals surface area contributed by atoms with Crippen molar-refractivity contribution in [3.8, 4) is 0 Å². The van der Waals surface area contributed by atoms with E-state index in [1.54, 1.807) is 0 Å². The van der Waals surface area contributed by atoms with E-state index in [1.165, 1.54) is 22.9 Å². The molecule has 0 saturated carbocycles. The second kappa shape index (κ2) is 5.38. The van der Waals surface area contributed by atoms with Crippen LogP contribution in [0.4, 0.5) is 0 Å². The van der Waals surface area contributed by atoms with Crippen molar-refractivity contribution in [3.63, 3.8) is 0 Å². The van der Waals surface area contributed by atoms with E-state index in [2.05, 4.69) is 52.2 Å². The number of rotatable bonds is 4. The quantitative estimate of drug-likeness (QED) is 0.902. The Morgan fingerprint density at radius 3 is 2.24 bits per heavy atom. The summed E-state index contributed by atoms with van der Waals surface area (Å²) in [4.78, 5) is 0. The Kier molecular flexibility index (Phi) is 3.86. The number of benzene rings is 1. The van der Waals surface area contributed by atoms with E-state index in [4.69, 9.17) is 0 Å². The zero-order valence-corrected chi connectivity index (χ0v) is 11.2. The number of aromatic nitrogens is 2. The van der Waals surface area contributed by atoms with E-state index in [1.807, 2.05) is 13.2 Å². The summed E-state index contributed by atoms with van der Waals surface area (Å²) in [6, 6.07) is 8.83. The second-order valence-electron chi connectivity index (χ2n) is 4.38. The molecule has 90 valence electrons. The summed E-state index contributed by atoms with van der Waals surface area (Å²) < 4.78 is 8.34. The lowest BCUT2D eigenvalue weighted by Crippen LogP contribution is -2.17. The van der Waals surface area contributed by atoms with Gasteiger partial charge in [0.1, 0.15) is 0 Å². The van der Waals surface area contributed by atoms with Crippen molar-refractivity contribution in [2.24, 2.45) is 0 Å². The number of hydrogen-bond donors (Lipinski definition) is 1. The molecule has 1 atom stereocenters. The molecule has 3 nitrogen and oxygen atoms in total. The molecular weight excluding hydrogens is 230 g/mol. The van der Waals surface area contributed by atoms with Crippen LogP contribution in [0.3, 0.4) is 0 Å². The molecule has 0 aliphatic carbocycles. The second-order valence-corrected chi connectivity index (χ2v) is 4.93. The molecule has 1 heterocycles. The van der Waals surface area contributed by atoms with Crippen molar-refractivity contribution in [1.29, 1.82) is 0 Å². The van der Waals surface area contributed by atoms with Crippen molar-refractivity contribution in [3.05, 3.63) is 47.3 Å². The van der Waals surface area contributed by atoms with E-state index in [9.17, 15) is 0 Å². The lowest BCUT2D eigenvalue weighted by Gasteiger charge is -2.15. The molecule has 1 unspecified atom stereocenters. The number of nitrogens with one attached hydrogen (secondary N) is 1. The molecule has 0 spiro atoms. The van der Waals surface area contributed by atoms with Gasteiger partial charge in [0.05, 0.1) is 29.7 Å². The van der Waals surface area contributed by atoms with Gasteiger partial charge in [-0.05, 0) is 24.1 Å². The Hall–Kier alpha value is -1.26. The molecule has 0 aliphatic heterocycles. The van der Waals surface area contributed by atoms with Crippen LogP contribution in [-0.4, -0.2) is 15.8 Å². The molecule has 1 aromatic heterocycles. The van der Waals surface area contributed by atoms with E-state index in [0.29, 0.717) is 5.92 Å². The number of hydrogen-bond acceptors (Lipinski definition) is 4. The molecule has 0 aliphatic rings. The first-order chi connectivity index (χ1) is 8.22. The van der Waals surface area contributed by atoms with E-state index < -0.39 is 0 Å². The van der Waals surface area contributed by atoms with Crippen LogP contribution in [0.5, 0.6) is 0 Å². The Bertz CT molecular complexity index is 448. The Balaban J connectivity index is 2.26. The maximum Gasteiger partial charge on any atom is 0.0957 e. The van der Waals surface area contributed by atoms with E-state index >= 15 is 0 Å². The summed E-state index contributed by atoms with van der Waals surface area (Å²) in [5.74, 6) is 0.568. The normalized spacial score (nSPS) is 12.9. The van der Waals surface area contributed by atoms with Crippen molar-refractivity contribution in [2.75, 3.05) is 7.05 Å². The highest BCUT2D eigenvalue weighted by atomic mass is 32.1. The van der Waals surface area contributed by atoms with Crippen LogP contribution < -0.4 is 5.32 Å². The van der Waals surface area contributed by atoms with Crippen molar-refractivity contribution in [2.45, 2.75) is 25.8 Å². The zero-order chi connectivity index (χ0) is 12.3. The molecule has 0 radical (unpaired) electrons. The van der Waals surface area contributed by atoms with E-state index in [-0.39, 0.29) is 6.04 Å². The minimum atomic E-state index is 0.134. The lowest BCUT2D eigenvalue weighted by atomic mass is 9.98. The largest absolute Gasteiger partial charge is 0.308 e.